The van der Waals surface area contributed by atoms with Crippen molar-refractivity contribution in [2.45, 2.75) is 13.5 Å². The van der Waals surface area contributed by atoms with E-state index in [-0.39, 0.29) is 0 Å². The van der Waals surface area contributed by atoms with Gasteiger partial charge in [-0.05, 0) is 70.4 Å². The Hall–Kier alpha value is -2.79. The molecule has 0 heterocycles. The molecule has 0 aliphatic heterocycles. The molecular formula is C23H22BrNO3. The van der Waals surface area contributed by atoms with Gasteiger partial charge in [-0.25, -0.2) is 0 Å². The van der Waals surface area contributed by atoms with Gasteiger partial charge in [0.2, 0.25) is 0 Å². The van der Waals surface area contributed by atoms with E-state index in [1.165, 1.54) is 5.56 Å². The van der Waals surface area contributed by atoms with Gasteiger partial charge in [-0.1, -0.05) is 29.8 Å². The van der Waals surface area contributed by atoms with Crippen molar-refractivity contribution < 1.29 is 14.2 Å². The van der Waals surface area contributed by atoms with E-state index in [9.17, 15) is 0 Å². The quantitative estimate of drug-likeness (QED) is 0.417. The van der Waals surface area contributed by atoms with Gasteiger partial charge in [0.15, 0.2) is 11.5 Å². The van der Waals surface area contributed by atoms with Crippen LogP contribution in [0.2, 0.25) is 0 Å². The van der Waals surface area contributed by atoms with Crippen LogP contribution in [0.25, 0.3) is 0 Å². The first-order chi connectivity index (χ1) is 13.6. The van der Waals surface area contributed by atoms with Crippen LogP contribution < -0.4 is 14.2 Å². The average Bonchev–Trinajstić information content (AvgIpc) is 2.72. The molecule has 0 aliphatic rings. The van der Waals surface area contributed by atoms with Crippen molar-refractivity contribution in [2.24, 2.45) is 4.99 Å². The zero-order chi connectivity index (χ0) is 19.9. The summed E-state index contributed by atoms with van der Waals surface area (Å²) in [7, 11) is 3.27. The molecule has 3 aromatic rings. The van der Waals surface area contributed by atoms with Crippen molar-refractivity contribution in [3.63, 3.8) is 0 Å². The van der Waals surface area contributed by atoms with E-state index in [0.29, 0.717) is 18.1 Å². The first-order valence-electron chi connectivity index (χ1n) is 8.83. The largest absolute Gasteiger partial charge is 0.497 e. The minimum absolute atomic E-state index is 0.467. The Balaban J connectivity index is 1.76. The third-order valence-corrected chi connectivity index (χ3v) is 4.78. The molecule has 0 aliphatic carbocycles. The Morgan fingerprint density at radius 1 is 0.929 bits per heavy atom. The van der Waals surface area contributed by atoms with Crippen LogP contribution in [0.3, 0.4) is 0 Å². The van der Waals surface area contributed by atoms with Crippen LogP contribution in [0.15, 0.2) is 70.1 Å². The Morgan fingerprint density at radius 3 is 2.29 bits per heavy atom. The van der Waals surface area contributed by atoms with Crippen molar-refractivity contribution in [3.8, 4) is 17.2 Å². The highest BCUT2D eigenvalue weighted by Crippen LogP contribution is 2.37. The molecule has 5 heteroatoms. The fourth-order valence-electron chi connectivity index (χ4n) is 2.61. The Morgan fingerprint density at radius 2 is 1.64 bits per heavy atom. The molecule has 0 unspecified atom stereocenters. The minimum atomic E-state index is 0.467. The summed E-state index contributed by atoms with van der Waals surface area (Å²) in [5, 5.41) is 0. The topological polar surface area (TPSA) is 40.0 Å². The van der Waals surface area contributed by atoms with Gasteiger partial charge in [-0.15, -0.1) is 0 Å². The summed E-state index contributed by atoms with van der Waals surface area (Å²) < 4.78 is 17.5. The van der Waals surface area contributed by atoms with Crippen LogP contribution in [-0.4, -0.2) is 20.4 Å². The monoisotopic (exact) mass is 439 g/mol. The fraction of sp³-hybridized carbons (Fsp3) is 0.174. The van der Waals surface area contributed by atoms with Crippen LogP contribution in [0.1, 0.15) is 16.7 Å². The van der Waals surface area contributed by atoms with Gasteiger partial charge < -0.3 is 14.2 Å². The van der Waals surface area contributed by atoms with E-state index < -0.39 is 0 Å². The summed E-state index contributed by atoms with van der Waals surface area (Å²) in [6.07, 6.45) is 1.79. The molecule has 0 spiro atoms. The molecule has 3 rings (SSSR count). The van der Waals surface area contributed by atoms with Gasteiger partial charge in [-0.2, -0.15) is 0 Å². The SMILES string of the molecule is COc1ccc(N=Cc2cc(Br)c(OCc3ccc(C)cc3)c(OC)c2)cc1. The van der Waals surface area contributed by atoms with E-state index in [2.05, 4.69) is 52.1 Å². The second-order valence-electron chi connectivity index (χ2n) is 6.26. The van der Waals surface area contributed by atoms with E-state index >= 15 is 0 Å². The Kier molecular flexibility index (Phi) is 6.71. The molecule has 0 saturated heterocycles. The maximum Gasteiger partial charge on any atom is 0.175 e. The van der Waals surface area contributed by atoms with Crippen LogP contribution >= 0.6 is 15.9 Å². The van der Waals surface area contributed by atoms with Crippen molar-refractivity contribution in [1.82, 2.24) is 0 Å². The molecule has 0 N–H and O–H groups in total. The molecule has 0 saturated carbocycles. The maximum absolute atomic E-state index is 6.00. The van der Waals surface area contributed by atoms with Gasteiger partial charge in [0.25, 0.3) is 0 Å². The molecule has 28 heavy (non-hydrogen) atoms. The summed E-state index contributed by atoms with van der Waals surface area (Å²) >= 11 is 3.59. The third kappa shape index (κ3) is 5.14. The zero-order valence-corrected chi connectivity index (χ0v) is 17.7. The lowest BCUT2D eigenvalue weighted by molar-refractivity contribution is 0.282. The summed E-state index contributed by atoms with van der Waals surface area (Å²) in [4.78, 5) is 4.50. The van der Waals surface area contributed by atoms with Crippen LogP contribution in [0, 0.1) is 6.92 Å². The lowest BCUT2D eigenvalue weighted by Crippen LogP contribution is -1.99. The molecule has 0 amide bonds. The molecule has 4 nitrogen and oxygen atoms in total. The van der Waals surface area contributed by atoms with E-state index in [1.54, 1.807) is 20.4 Å². The molecule has 0 atom stereocenters. The molecule has 0 bridgehead atoms. The van der Waals surface area contributed by atoms with E-state index in [4.69, 9.17) is 14.2 Å². The highest BCUT2D eigenvalue weighted by molar-refractivity contribution is 9.10. The number of nitrogens with zero attached hydrogens (tertiary/aromatic N) is 1. The van der Waals surface area contributed by atoms with E-state index in [0.717, 1.165) is 27.0 Å². The van der Waals surface area contributed by atoms with Crippen molar-refractivity contribution in [1.29, 1.82) is 0 Å². The van der Waals surface area contributed by atoms with Crippen LogP contribution in [0.5, 0.6) is 17.2 Å². The molecule has 144 valence electrons. The number of methoxy groups -OCH3 is 2. The second-order valence-corrected chi connectivity index (χ2v) is 7.12. The summed E-state index contributed by atoms with van der Waals surface area (Å²) in [5.74, 6) is 2.13. The normalized spacial score (nSPS) is 10.9. The molecule has 3 aromatic carbocycles. The first kappa shape index (κ1) is 20.0. The summed E-state index contributed by atoms with van der Waals surface area (Å²) in [6, 6.07) is 19.7. The first-order valence-corrected chi connectivity index (χ1v) is 9.62. The molecule has 0 radical (unpaired) electrons. The number of hydrogen-bond acceptors (Lipinski definition) is 4. The fourth-order valence-corrected chi connectivity index (χ4v) is 3.19. The predicted octanol–water partition coefficient (Wildman–Crippen LogP) is 6.10. The van der Waals surface area contributed by atoms with Crippen molar-refractivity contribution in [3.05, 3.63) is 81.8 Å². The van der Waals surface area contributed by atoms with E-state index in [1.807, 2.05) is 36.4 Å². The number of benzene rings is 3. The lowest BCUT2D eigenvalue weighted by Gasteiger charge is -2.13. The number of ether oxygens (including phenoxy) is 3. The summed E-state index contributed by atoms with van der Waals surface area (Å²) in [5.41, 5.74) is 4.07. The van der Waals surface area contributed by atoms with Gasteiger partial charge in [0.1, 0.15) is 12.4 Å². The number of halogens is 1. The number of hydrogen-bond donors (Lipinski definition) is 0. The predicted molar refractivity (Wildman–Crippen MR) is 116 cm³/mol. The summed E-state index contributed by atoms with van der Waals surface area (Å²) in [6.45, 7) is 2.53. The Labute approximate surface area is 173 Å². The molecular weight excluding hydrogens is 418 g/mol. The third-order valence-electron chi connectivity index (χ3n) is 4.19. The maximum atomic E-state index is 6.00. The smallest absolute Gasteiger partial charge is 0.175 e. The van der Waals surface area contributed by atoms with Crippen LogP contribution in [0.4, 0.5) is 5.69 Å². The van der Waals surface area contributed by atoms with Crippen molar-refractivity contribution in [2.75, 3.05) is 14.2 Å². The Bertz CT molecular complexity index is 951. The standard InChI is InChI=1S/C23H22BrNO3/c1-16-4-6-17(7-5-16)15-28-23-21(24)12-18(13-22(23)27-3)14-25-19-8-10-20(26-2)11-9-19/h4-14H,15H2,1-3H3. The molecule has 0 aromatic heterocycles. The highest BCUT2D eigenvalue weighted by atomic mass is 79.9. The molecule has 0 fully saturated rings. The van der Waals surface area contributed by atoms with Gasteiger partial charge >= 0.3 is 0 Å². The number of aryl methyl sites for hydroxylation is 1. The highest BCUT2D eigenvalue weighted by Gasteiger charge is 2.11. The average molecular weight is 440 g/mol. The van der Waals surface area contributed by atoms with Crippen LogP contribution in [-0.2, 0) is 6.61 Å². The van der Waals surface area contributed by atoms with Gasteiger partial charge in [-0.3, -0.25) is 4.99 Å². The van der Waals surface area contributed by atoms with Gasteiger partial charge in [0, 0.05) is 6.21 Å². The second kappa shape index (κ2) is 9.42. The minimum Gasteiger partial charge on any atom is -0.497 e. The lowest BCUT2D eigenvalue weighted by atomic mass is 10.1. The zero-order valence-electron chi connectivity index (χ0n) is 16.1. The number of aliphatic imine (C=N–C) groups is 1. The van der Waals surface area contributed by atoms with Gasteiger partial charge in [0.05, 0.1) is 24.4 Å². The van der Waals surface area contributed by atoms with Crippen molar-refractivity contribution >= 4 is 27.8 Å². The number of rotatable bonds is 7.